The Morgan fingerprint density at radius 2 is 2.20 bits per heavy atom. The van der Waals surface area contributed by atoms with Crippen LogP contribution in [0.25, 0.3) is 0 Å². The summed E-state index contributed by atoms with van der Waals surface area (Å²) >= 11 is 0. The van der Waals surface area contributed by atoms with Gasteiger partial charge in [-0.15, -0.1) is 0 Å². The predicted molar refractivity (Wildman–Crippen MR) is 40.2 cm³/mol. The van der Waals surface area contributed by atoms with Crippen LogP contribution in [-0.2, 0) is 4.74 Å². The fourth-order valence-corrected chi connectivity index (χ4v) is 0.686. The van der Waals surface area contributed by atoms with Gasteiger partial charge in [0.2, 0.25) is 0 Å². The first-order valence-corrected chi connectivity index (χ1v) is 3.47. The van der Waals surface area contributed by atoms with Crippen molar-refractivity contribution in [3.63, 3.8) is 0 Å². The number of hydrogen-bond donors (Lipinski definition) is 0. The summed E-state index contributed by atoms with van der Waals surface area (Å²) < 4.78 is 4.85. The monoisotopic (exact) mass is 140 g/mol. The van der Waals surface area contributed by atoms with Crippen LogP contribution in [0.15, 0.2) is 0 Å². The maximum Gasteiger partial charge on any atom is 0.0807 e. The van der Waals surface area contributed by atoms with Crippen LogP contribution in [-0.4, -0.2) is 13.7 Å². The highest BCUT2D eigenvalue weighted by molar-refractivity contribution is 5.12. The van der Waals surface area contributed by atoms with Crippen molar-refractivity contribution < 1.29 is 4.74 Å². The lowest BCUT2D eigenvalue weighted by molar-refractivity contribution is 0.196. The highest BCUT2D eigenvalue weighted by Gasteiger charge is 2.11. The maximum atomic E-state index is 8.58. The quantitative estimate of drug-likeness (QED) is 0.596. The first-order chi connectivity index (χ1) is 4.72. The van der Waals surface area contributed by atoms with Crippen LogP contribution < -0.4 is 0 Å². The molecule has 0 bridgehead atoms. The van der Waals surface area contributed by atoms with Crippen LogP contribution in [0.1, 0.15) is 20.3 Å². The van der Waals surface area contributed by atoms with E-state index in [9.17, 15) is 0 Å². The summed E-state index contributed by atoms with van der Waals surface area (Å²) in [6.07, 6.45) is 0.769. The van der Waals surface area contributed by atoms with Crippen molar-refractivity contribution in [2.75, 3.05) is 13.7 Å². The van der Waals surface area contributed by atoms with Crippen molar-refractivity contribution in [3.05, 3.63) is 5.92 Å². The van der Waals surface area contributed by atoms with Gasteiger partial charge in [-0.05, 0) is 12.3 Å². The molecule has 2 nitrogen and oxygen atoms in total. The molecule has 0 spiro atoms. The molecule has 0 fully saturated rings. The fourth-order valence-electron chi connectivity index (χ4n) is 0.686. The molecule has 0 saturated heterocycles. The lowest BCUT2D eigenvalue weighted by atomic mass is 9.95. The summed E-state index contributed by atoms with van der Waals surface area (Å²) in [7, 11) is 1.65. The minimum Gasteiger partial charge on any atom is -0.385 e. The fraction of sp³-hybridized carbons (Fsp3) is 0.750. The standard InChI is InChI=1S/C8H14NO/c1-7(2)8(6-9)4-5-10-3/h7H,4-5H2,1-3H3. The van der Waals surface area contributed by atoms with Gasteiger partial charge in [0.25, 0.3) is 0 Å². The minimum absolute atomic E-state index is 0.361. The minimum atomic E-state index is 0.361. The van der Waals surface area contributed by atoms with E-state index < -0.39 is 0 Å². The maximum absolute atomic E-state index is 8.58. The van der Waals surface area contributed by atoms with Crippen LogP contribution in [0.4, 0.5) is 0 Å². The second kappa shape index (κ2) is 5.25. The second-order valence-electron chi connectivity index (χ2n) is 2.53. The van der Waals surface area contributed by atoms with Gasteiger partial charge in [-0.1, -0.05) is 13.8 Å². The molecule has 0 unspecified atom stereocenters. The van der Waals surface area contributed by atoms with E-state index in [1.807, 2.05) is 13.8 Å². The molecule has 0 aromatic heterocycles. The Labute approximate surface area is 62.8 Å². The largest absolute Gasteiger partial charge is 0.385 e. The van der Waals surface area contributed by atoms with Crippen molar-refractivity contribution in [2.24, 2.45) is 5.92 Å². The molecule has 0 aromatic carbocycles. The predicted octanol–water partition coefficient (Wildman–Crippen LogP) is 1.78. The Morgan fingerprint density at radius 3 is 2.50 bits per heavy atom. The first kappa shape index (κ1) is 9.45. The van der Waals surface area contributed by atoms with Gasteiger partial charge in [0.15, 0.2) is 0 Å². The second-order valence-corrected chi connectivity index (χ2v) is 2.53. The summed E-state index contributed by atoms with van der Waals surface area (Å²) in [6, 6.07) is 2.17. The van der Waals surface area contributed by atoms with Crippen molar-refractivity contribution in [3.8, 4) is 6.07 Å². The van der Waals surface area contributed by atoms with E-state index >= 15 is 0 Å². The van der Waals surface area contributed by atoms with E-state index in [4.69, 9.17) is 10.00 Å². The molecule has 0 aromatic rings. The molecule has 0 N–H and O–H groups in total. The van der Waals surface area contributed by atoms with Crippen LogP contribution in [0.5, 0.6) is 0 Å². The Morgan fingerprint density at radius 1 is 1.60 bits per heavy atom. The summed E-state index contributed by atoms with van der Waals surface area (Å²) in [6.45, 7) is 4.70. The highest BCUT2D eigenvalue weighted by Crippen LogP contribution is 2.15. The van der Waals surface area contributed by atoms with Crippen molar-refractivity contribution >= 4 is 0 Å². The van der Waals surface area contributed by atoms with E-state index in [-0.39, 0.29) is 0 Å². The molecule has 0 saturated carbocycles. The molecule has 2 heteroatoms. The van der Waals surface area contributed by atoms with E-state index in [1.54, 1.807) is 7.11 Å². The number of ether oxygens (including phenoxy) is 1. The number of nitrogens with zero attached hydrogens (tertiary/aromatic N) is 1. The highest BCUT2D eigenvalue weighted by atomic mass is 16.5. The van der Waals surface area contributed by atoms with Gasteiger partial charge in [-0.3, -0.25) is 0 Å². The van der Waals surface area contributed by atoms with Crippen LogP contribution in [0.2, 0.25) is 0 Å². The zero-order valence-corrected chi connectivity index (χ0v) is 6.85. The molecular formula is C8H14NO. The molecule has 0 atom stereocenters. The van der Waals surface area contributed by atoms with Crippen LogP contribution in [0.3, 0.4) is 0 Å². The SMILES string of the molecule is COCC[C](C#N)C(C)C. The third-order valence-electron chi connectivity index (χ3n) is 1.42. The molecular weight excluding hydrogens is 126 g/mol. The van der Waals surface area contributed by atoms with E-state index in [1.165, 1.54) is 0 Å². The van der Waals surface area contributed by atoms with Crippen molar-refractivity contribution in [1.82, 2.24) is 0 Å². The topological polar surface area (TPSA) is 33.0 Å². The normalized spacial score (nSPS) is 10.4. The zero-order chi connectivity index (χ0) is 7.98. The molecule has 1 radical (unpaired) electrons. The molecule has 57 valence electrons. The summed E-state index contributed by atoms with van der Waals surface area (Å²) in [5.41, 5.74) is 0. The Bertz CT molecular complexity index is 115. The molecule has 0 aliphatic heterocycles. The van der Waals surface area contributed by atoms with Gasteiger partial charge < -0.3 is 4.74 Å². The third-order valence-corrected chi connectivity index (χ3v) is 1.42. The molecule has 0 aliphatic rings. The van der Waals surface area contributed by atoms with Gasteiger partial charge in [0, 0.05) is 13.7 Å². The van der Waals surface area contributed by atoms with Gasteiger partial charge in [-0.25, -0.2) is 0 Å². The van der Waals surface area contributed by atoms with Crippen LogP contribution >= 0.6 is 0 Å². The first-order valence-electron chi connectivity index (χ1n) is 3.47. The van der Waals surface area contributed by atoms with Crippen molar-refractivity contribution in [2.45, 2.75) is 20.3 Å². The number of nitriles is 1. The smallest absolute Gasteiger partial charge is 0.0807 e. The molecule has 0 rings (SSSR count). The molecule has 0 aliphatic carbocycles. The van der Waals surface area contributed by atoms with E-state index in [2.05, 4.69) is 6.07 Å². The summed E-state index contributed by atoms with van der Waals surface area (Å²) in [4.78, 5) is 0. The lowest BCUT2D eigenvalue weighted by Gasteiger charge is -2.09. The average molecular weight is 140 g/mol. The number of methoxy groups -OCH3 is 1. The van der Waals surface area contributed by atoms with Gasteiger partial charge in [0.05, 0.1) is 12.0 Å². The Hall–Kier alpha value is -0.550. The van der Waals surface area contributed by atoms with Crippen LogP contribution in [0, 0.1) is 23.2 Å². The van der Waals surface area contributed by atoms with Gasteiger partial charge >= 0.3 is 0 Å². The van der Waals surface area contributed by atoms with Crippen molar-refractivity contribution in [1.29, 1.82) is 5.26 Å². The Kier molecular flexibility index (Phi) is 4.96. The summed E-state index contributed by atoms with van der Waals surface area (Å²) in [5, 5.41) is 8.58. The molecule has 10 heavy (non-hydrogen) atoms. The van der Waals surface area contributed by atoms with Gasteiger partial charge in [0.1, 0.15) is 0 Å². The third kappa shape index (κ3) is 3.47. The average Bonchev–Trinajstić information content (AvgIpc) is 1.89. The van der Waals surface area contributed by atoms with E-state index in [0.717, 1.165) is 12.3 Å². The Balaban J connectivity index is 3.53. The van der Waals surface area contributed by atoms with Gasteiger partial charge in [-0.2, -0.15) is 5.26 Å². The molecule has 0 heterocycles. The molecule has 0 amide bonds. The number of hydrogen-bond acceptors (Lipinski definition) is 2. The van der Waals surface area contributed by atoms with E-state index in [0.29, 0.717) is 12.5 Å². The number of rotatable bonds is 4. The summed E-state index contributed by atoms with van der Waals surface area (Å²) in [5.74, 6) is 1.28. The lowest BCUT2D eigenvalue weighted by Crippen LogP contribution is -2.06. The zero-order valence-electron chi connectivity index (χ0n) is 6.85.